The zero-order valence-electron chi connectivity index (χ0n) is 13.4. The van der Waals surface area contributed by atoms with Crippen molar-refractivity contribution in [2.45, 2.75) is 44.7 Å². The van der Waals surface area contributed by atoms with Crippen LogP contribution in [0.2, 0.25) is 0 Å². The van der Waals surface area contributed by atoms with Gasteiger partial charge in [0.1, 0.15) is 0 Å². The Morgan fingerprint density at radius 1 is 1.09 bits per heavy atom. The molecule has 2 aromatic rings. The normalized spacial score (nSPS) is 27.8. The second kappa shape index (κ2) is 5.03. The minimum Gasteiger partial charge on any atom is -0.454 e. The zero-order valence-corrected chi connectivity index (χ0v) is 13.4. The van der Waals surface area contributed by atoms with Crippen LogP contribution in [0, 0.1) is 5.92 Å². The highest BCUT2D eigenvalue weighted by Crippen LogP contribution is 2.44. The second-order valence-electron chi connectivity index (χ2n) is 7.12. The summed E-state index contributed by atoms with van der Waals surface area (Å²) >= 11 is 0. The van der Waals surface area contributed by atoms with Crippen LogP contribution in [0.15, 0.2) is 30.5 Å². The van der Waals surface area contributed by atoms with Crippen molar-refractivity contribution >= 4 is 0 Å². The fourth-order valence-electron chi connectivity index (χ4n) is 4.23. The highest BCUT2D eigenvalue weighted by Gasteiger charge is 2.33. The Morgan fingerprint density at radius 2 is 1.87 bits per heavy atom. The number of hydrogen-bond acceptors (Lipinski definition) is 3. The molecule has 1 unspecified atom stereocenters. The van der Waals surface area contributed by atoms with Crippen LogP contribution in [0.4, 0.5) is 0 Å². The zero-order chi connectivity index (χ0) is 15.4. The van der Waals surface area contributed by atoms with Crippen LogP contribution >= 0.6 is 0 Å². The molecule has 1 aromatic heterocycles. The molecule has 1 atom stereocenters. The number of aromatic nitrogens is 1. The molecule has 2 aliphatic heterocycles. The second-order valence-corrected chi connectivity index (χ2v) is 7.12. The van der Waals surface area contributed by atoms with E-state index in [2.05, 4.69) is 47.3 Å². The number of rotatable bonds is 2. The summed E-state index contributed by atoms with van der Waals surface area (Å²) in [7, 11) is 0. The summed E-state index contributed by atoms with van der Waals surface area (Å²) in [6.45, 7) is 2.70. The fourth-order valence-corrected chi connectivity index (χ4v) is 4.23. The van der Waals surface area contributed by atoms with E-state index in [-0.39, 0.29) is 6.04 Å². The Hall–Kier alpha value is -1.94. The lowest BCUT2D eigenvalue weighted by atomic mass is 9.86. The van der Waals surface area contributed by atoms with Crippen molar-refractivity contribution in [3.63, 3.8) is 0 Å². The van der Waals surface area contributed by atoms with Crippen LogP contribution in [-0.4, -0.2) is 17.4 Å². The van der Waals surface area contributed by atoms with Gasteiger partial charge in [0, 0.05) is 29.6 Å². The van der Waals surface area contributed by atoms with Gasteiger partial charge in [0.2, 0.25) is 6.79 Å². The van der Waals surface area contributed by atoms with Gasteiger partial charge < -0.3 is 19.4 Å². The van der Waals surface area contributed by atoms with Gasteiger partial charge in [-0.3, -0.25) is 0 Å². The van der Waals surface area contributed by atoms with Crippen molar-refractivity contribution in [3.8, 4) is 17.2 Å². The SMILES string of the molecule is CC1CCC(NC2c3cc4c(cc3-n3cccc32)OCO4)CC1. The number of hydrogen-bond donors (Lipinski definition) is 1. The van der Waals surface area contributed by atoms with E-state index in [0.717, 1.165) is 17.4 Å². The molecule has 23 heavy (non-hydrogen) atoms. The standard InChI is InChI=1S/C19H22N2O2/c1-12-4-6-13(7-5-12)20-19-14-9-17-18(23-11-22-17)10-16(14)21-8-2-3-15(19)21/h2-3,8-10,12-13,19-20H,4-7,11H2,1H3. The van der Waals surface area contributed by atoms with E-state index in [4.69, 9.17) is 9.47 Å². The van der Waals surface area contributed by atoms with Crippen LogP contribution in [0.3, 0.4) is 0 Å². The molecule has 1 aromatic carbocycles. The molecule has 0 bridgehead atoms. The van der Waals surface area contributed by atoms with Crippen LogP contribution in [0.1, 0.15) is 49.9 Å². The molecular formula is C19H22N2O2. The van der Waals surface area contributed by atoms with Crippen LogP contribution in [0.25, 0.3) is 5.69 Å². The maximum Gasteiger partial charge on any atom is 0.231 e. The third-order valence-corrected chi connectivity index (χ3v) is 5.59. The summed E-state index contributed by atoms with van der Waals surface area (Å²) < 4.78 is 13.4. The number of benzene rings is 1. The first-order valence-electron chi connectivity index (χ1n) is 8.67. The first-order chi connectivity index (χ1) is 11.3. The third-order valence-electron chi connectivity index (χ3n) is 5.59. The monoisotopic (exact) mass is 310 g/mol. The maximum atomic E-state index is 5.59. The summed E-state index contributed by atoms with van der Waals surface area (Å²) in [5, 5.41) is 3.91. The molecule has 0 radical (unpaired) electrons. The average Bonchev–Trinajstić information content (AvgIpc) is 3.25. The predicted molar refractivity (Wildman–Crippen MR) is 88.3 cm³/mol. The minimum atomic E-state index is 0.257. The van der Waals surface area contributed by atoms with Crippen molar-refractivity contribution in [2.75, 3.05) is 6.79 Å². The van der Waals surface area contributed by atoms with Crippen molar-refractivity contribution < 1.29 is 9.47 Å². The molecule has 5 rings (SSSR count). The molecular weight excluding hydrogens is 288 g/mol. The molecule has 4 heteroatoms. The van der Waals surface area contributed by atoms with Crippen LogP contribution in [-0.2, 0) is 0 Å². The van der Waals surface area contributed by atoms with Gasteiger partial charge in [0.15, 0.2) is 11.5 Å². The van der Waals surface area contributed by atoms with E-state index in [1.807, 2.05) is 0 Å². The first kappa shape index (κ1) is 13.5. The third kappa shape index (κ3) is 2.08. The molecule has 1 aliphatic carbocycles. The van der Waals surface area contributed by atoms with Crippen LogP contribution in [0.5, 0.6) is 11.5 Å². The van der Waals surface area contributed by atoms with Crippen molar-refractivity contribution in [1.29, 1.82) is 0 Å². The van der Waals surface area contributed by atoms with Gasteiger partial charge >= 0.3 is 0 Å². The number of nitrogens with zero attached hydrogens (tertiary/aromatic N) is 1. The van der Waals surface area contributed by atoms with E-state index < -0.39 is 0 Å². The summed E-state index contributed by atoms with van der Waals surface area (Å²) in [6.07, 6.45) is 7.36. The predicted octanol–water partition coefficient (Wildman–Crippen LogP) is 3.78. The number of fused-ring (bicyclic) bond motifs is 4. The highest BCUT2D eigenvalue weighted by atomic mass is 16.7. The van der Waals surface area contributed by atoms with Gasteiger partial charge in [-0.25, -0.2) is 0 Å². The fraction of sp³-hybridized carbons (Fsp3) is 0.474. The minimum absolute atomic E-state index is 0.257. The maximum absolute atomic E-state index is 5.59. The van der Waals surface area contributed by atoms with Gasteiger partial charge in [-0.1, -0.05) is 6.92 Å². The smallest absolute Gasteiger partial charge is 0.231 e. The van der Waals surface area contributed by atoms with Crippen molar-refractivity contribution in [2.24, 2.45) is 5.92 Å². The number of nitrogens with one attached hydrogen (secondary N) is 1. The number of ether oxygens (including phenoxy) is 2. The van der Waals surface area contributed by atoms with E-state index in [1.165, 1.54) is 42.6 Å². The molecule has 0 spiro atoms. The average molecular weight is 310 g/mol. The Kier molecular flexibility index (Phi) is 2.95. The molecule has 0 saturated heterocycles. The molecule has 3 heterocycles. The Bertz CT molecular complexity index is 744. The molecule has 3 aliphatic rings. The summed E-state index contributed by atoms with van der Waals surface area (Å²) in [5.41, 5.74) is 3.85. The molecule has 1 N–H and O–H groups in total. The Labute approximate surface area is 136 Å². The van der Waals surface area contributed by atoms with Gasteiger partial charge in [0.25, 0.3) is 0 Å². The Balaban J connectivity index is 1.50. The van der Waals surface area contributed by atoms with Gasteiger partial charge in [-0.2, -0.15) is 0 Å². The van der Waals surface area contributed by atoms with Crippen molar-refractivity contribution in [1.82, 2.24) is 9.88 Å². The van der Waals surface area contributed by atoms with Gasteiger partial charge in [-0.15, -0.1) is 0 Å². The van der Waals surface area contributed by atoms with Crippen molar-refractivity contribution in [3.05, 3.63) is 41.7 Å². The summed E-state index contributed by atoms with van der Waals surface area (Å²) in [5.74, 6) is 2.61. The van der Waals surface area contributed by atoms with Gasteiger partial charge in [0.05, 0.1) is 11.7 Å². The first-order valence-corrected chi connectivity index (χ1v) is 8.67. The summed E-state index contributed by atoms with van der Waals surface area (Å²) in [6, 6.07) is 9.49. The largest absolute Gasteiger partial charge is 0.454 e. The lowest BCUT2D eigenvalue weighted by Gasteiger charge is -2.29. The molecule has 4 nitrogen and oxygen atoms in total. The van der Waals surface area contributed by atoms with E-state index in [0.29, 0.717) is 12.8 Å². The van der Waals surface area contributed by atoms with E-state index in [9.17, 15) is 0 Å². The molecule has 1 fully saturated rings. The van der Waals surface area contributed by atoms with Crippen LogP contribution < -0.4 is 14.8 Å². The topological polar surface area (TPSA) is 35.4 Å². The van der Waals surface area contributed by atoms with Gasteiger partial charge in [-0.05, 0) is 49.8 Å². The molecule has 0 amide bonds. The summed E-state index contributed by atoms with van der Waals surface area (Å²) in [4.78, 5) is 0. The Morgan fingerprint density at radius 3 is 2.70 bits per heavy atom. The molecule has 120 valence electrons. The lowest BCUT2D eigenvalue weighted by Crippen LogP contribution is -2.35. The van der Waals surface area contributed by atoms with E-state index in [1.54, 1.807) is 0 Å². The quantitative estimate of drug-likeness (QED) is 0.917. The lowest BCUT2D eigenvalue weighted by molar-refractivity contribution is 0.174. The highest BCUT2D eigenvalue weighted by molar-refractivity contribution is 5.61. The van der Waals surface area contributed by atoms with E-state index >= 15 is 0 Å². The molecule has 1 saturated carbocycles.